The predicted octanol–water partition coefficient (Wildman–Crippen LogP) is 3.96. The van der Waals surface area contributed by atoms with Gasteiger partial charge in [0.15, 0.2) is 0 Å². The molecule has 2 unspecified atom stereocenters. The molecule has 0 heteroatoms. The van der Waals surface area contributed by atoms with Gasteiger partial charge in [-0.2, -0.15) is 0 Å². The van der Waals surface area contributed by atoms with Crippen LogP contribution in [-0.2, 0) is 0 Å². The molecule has 0 spiro atoms. The molecule has 0 aromatic carbocycles. The van der Waals surface area contributed by atoms with Crippen molar-refractivity contribution in [2.75, 3.05) is 0 Å². The van der Waals surface area contributed by atoms with Crippen molar-refractivity contribution in [1.82, 2.24) is 0 Å². The molecule has 0 N–H and O–H groups in total. The second kappa shape index (κ2) is 3.60. The van der Waals surface area contributed by atoms with Gasteiger partial charge in [0.2, 0.25) is 0 Å². The lowest BCUT2D eigenvalue weighted by atomic mass is 9.69. The Bertz CT molecular complexity index is 110. The van der Waals surface area contributed by atoms with Crippen LogP contribution >= 0.6 is 0 Å². The number of hydrogen-bond acceptors (Lipinski definition) is 0. The fraction of sp³-hybridized carbons (Fsp3) is 1.00. The quantitative estimate of drug-likeness (QED) is 0.539. The third-order valence-electron chi connectivity index (χ3n) is 3.48. The molecular weight excluding hydrogens is 132 g/mol. The zero-order chi connectivity index (χ0) is 8.43. The first-order valence-corrected chi connectivity index (χ1v) is 5.15. The SMILES string of the molecule is CCC1C(C)CC(C)CC1C.[HH]. The fourth-order valence-electron chi connectivity index (χ4n) is 3.08. The maximum atomic E-state index is 2.43. The highest BCUT2D eigenvalue weighted by Gasteiger charge is 2.29. The van der Waals surface area contributed by atoms with Crippen molar-refractivity contribution in [2.24, 2.45) is 23.7 Å². The smallest absolute Gasteiger partial charge is 0 e. The summed E-state index contributed by atoms with van der Waals surface area (Å²) in [5, 5.41) is 0. The average Bonchev–Trinajstić information content (AvgIpc) is 1.85. The molecule has 0 saturated heterocycles. The Morgan fingerprint density at radius 1 is 1.09 bits per heavy atom. The fourth-order valence-corrected chi connectivity index (χ4v) is 3.08. The van der Waals surface area contributed by atoms with E-state index in [2.05, 4.69) is 27.7 Å². The minimum Gasteiger partial charge on any atom is -0.0651 e. The second-order valence-corrected chi connectivity index (χ2v) is 4.60. The first-order valence-electron chi connectivity index (χ1n) is 5.15. The van der Waals surface area contributed by atoms with Crippen LogP contribution in [-0.4, -0.2) is 0 Å². The van der Waals surface area contributed by atoms with Crippen LogP contribution in [0.4, 0.5) is 0 Å². The molecule has 1 aliphatic rings. The molecule has 11 heavy (non-hydrogen) atoms. The highest BCUT2D eigenvalue weighted by Crippen LogP contribution is 2.39. The Hall–Kier alpha value is 0. The van der Waals surface area contributed by atoms with Crippen LogP contribution in [0.15, 0.2) is 0 Å². The van der Waals surface area contributed by atoms with Crippen LogP contribution in [0.1, 0.15) is 48.4 Å². The van der Waals surface area contributed by atoms with Crippen LogP contribution in [0, 0.1) is 23.7 Å². The van der Waals surface area contributed by atoms with Gasteiger partial charge in [-0.25, -0.2) is 0 Å². The molecule has 0 nitrogen and oxygen atoms in total. The van der Waals surface area contributed by atoms with E-state index in [9.17, 15) is 0 Å². The molecule has 0 heterocycles. The summed E-state index contributed by atoms with van der Waals surface area (Å²) in [6, 6.07) is 0. The van der Waals surface area contributed by atoms with Gasteiger partial charge in [-0.3, -0.25) is 0 Å². The molecule has 0 amide bonds. The molecule has 0 radical (unpaired) electrons. The topological polar surface area (TPSA) is 0 Å². The molecule has 1 rings (SSSR count). The maximum absolute atomic E-state index is 2.43. The molecule has 0 aliphatic heterocycles. The molecule has 1 saturated carbocycles. The van der Waals surface area contributed by atoms with Crippen LogP contribution < -0.4 is 0 Å². The average molecular weight is 156 g/mol. The van der Waals surface area contributed by atoms with Gasteiger partial charge in [-0.1, -0.05) is 34.1 Å². The van der Waals surface area contributed by atoms with E-state index in [1.165, 1.54) is 19.3 Å². The molecule has 2 atom stereocenters. The van der Waals surface area contributed by atoms with Gasteiger partial charge in [-0.15, -0.1) is 0 Å². The summed E-state index contributed by atoms with van der Waals surface area (Å²) in [5.41, 5.74) is 0. The van der Waals surface area contributed by atoms with Crippen molar-refractivity contribution < 1.29 is 1.43 Å². The summed E-state index contributed by atoms with van der Waals surface area (Å²) in [4.78, 5) is 0. The zero-order valence-electron chi connectivity index (χ0n) is 8.43. The van der Waals surface area contributed by atoms with E-state index in [4.69, 9.17) is 0 Å². The van der Waals surface area contributed by atoms with E-state index >= 15 is 0 Å². The van der Waals surface area contributed by atoms with Gasteiger partial charge in [0.25, 0.3) is 0 Å². The third kappa shape index (κ3) is 1.98. The third-order valence-corrected chi connectivity index (χ3v) is 3.48. The first-order chi connectivity index (χ1) is 5.15. The van der Waals surface area contributed by atoms with Crippen molar-refractivity contribution >= 4 is 0 Å². The standard InChI is InChI=1S/C11H22.H2/c1-5-11-9(3)6-8(2)7-10(11)4;/h8-11H,5-7H2,1-4H3;1H. The molecule has 0 bridgehead atoms. The molecule has 0 aromatic heterocycles. The summed E-state index contributed by atoms with van der Waals surface area (Å²) >= 11 is 0. The van der Waals surface area contributed by atoms with E-state index in [-0.39, 0.29) is 1.43 Å². The molecule has 68 valence electrons. The lowest BCUT2D eigenvalue weighted by molar-refractivity contribution is 0.132. The Kier molecular flexibility index (Phi) is 2.98. The lowest BCUT2D eigenvalue weighted by Crippen LogP contribution is -2.28. The maximum Gasteiger partial charge on any atom is 0 e. The van der Waals surface area contributed by atoms with Crippen LogP contribution in [0.25, 0.3) is 0 Å². The van der Waals surface area contributed by atoms with Gasteiger partial charge >= 0.3 is 0 Å². The van der Waals surface area contributed by atoms with Crippen LogP contribution in [0.2, 0.25) is 0 Å². The van der Waals surface area contributed by atoms with E-state index in [1.807, 2.05) is 0 Å². The summed E-state index contributed by atoms with van der Waals surface area (Å²) in [6.07, 6.45) is 4.31. The van der Waals surface area contributed by atoms with Crippen molar-refractivity contribution in [3.05, 3.63) is 0 Å². The van der Waals surface area contributed by atoms with Crippen LogP contribution in [0.5, 0.6) is 0 Å². The monoisotopic (exact) mass is 156 g/mol. The minimum absolute atomic E-state index is 0. The van der Waals surface area contributed by atoms with Crippen LogP contribution in [0.3, 0.4) is 0 Å². The highest BCUT2D eigenvalue weighted by molar-refractivity contribution is 4.79. The normalized spacial score (nSPS) is 45.8. The number of rotatable bonds is 1. The summed E-state index contributed by atoms with van der Waals surface area (Å²) in [6.45, 7) is 9.60. The van der Waals surface area contributed by atoms with Gasteiger partial charge in [-0.05, 0) is 36.5 Å². The Balaban J connectivity index is 0.00000121. The zero-order valence-corrected chi connectivity index (χ0v) is 8.43. The first kappa shape index (κ1) is 9.09. The Morgan fingerprint density at radius 2 is 1.55 bits per heavy atom. The van der Waals surface area contributed by atoms with Crippen molar-refractivity contribution in [1.29, 1.82) is 0 Å². The lowest BCUT2D eigenvalue weighted by Gasteiger charge is -2.37. The minimum atomic E-state index is 0. The largest absolute Gasteiger partial charge is 0.0651 e. The predicted molar refractivity (Wildman–Crippen MR) is 52.6 cm³/mol. The van der Waals surface area contributed by atoms with Crippen molar-refractivity contribution in [2.45, 2.75) is 47.0 Å². The molecule has 1 fully saturated rings. The van der Waals surface area contributed by atoms with Gasteiger partial charge in [0.1, 0.15) is 0 Å². The van der Waals surface area contributed by atoms with Gasteiger partial charge < -0.3 is 0 Å². The summed E-state index contributed by atoms with van der Waals surface area (Å²) in [7, 11) is 0. The van der Waals surface area contributed by atoms with Crippen molar-refractivity contribution in [3.8, 4) is 0 Å². The number of hydrogen-bond donors (Lipinski definition) is 0. The molecule has 1 aliphatic carbocycles. The Morgan fingerprint density at radius 3 is 1.91 bits per heavy atom. The molecular formula is C11H24. The van der Waals surface area contributed by atoms with E-state index < -0.39 is 0 Å². The highest BCUT2D eigenvalue weighted by atomic mass is 14.3. The summed E-state index contributed by atoms with van der Waals surface area (Å²) in [5.74, 6) is 3.92. The second-order valence-electron chi connectivity index (χ2n) is 4.60. The van der Waals surface area contributed by atoms with E-state index in [0.29, 0.717) is 0 Å². The summed E-state index contributed by atoms with van der Waals surface area (Å²) < 4.78 is 0. The Labute approximate surface area is 72.9 Å². The van der Waals surface area contributed by atoms with E-state index in [0.717, 1.165) is 23.7 Å². The van der Waals surface area contributed by atoms with Crippen molar-refractivity contribution in [3.63, 3.8) is 0 Å². The van der Waals surface area contributed by atoms with Gasteiger partial charge in [0.05, 0.1) is 0 Å². The molecule has 0 aromatic rings. The van der Waals surface area contributed by atoms with Gasteiger partial charge in [0, 0.05) is 1.43 Å². The van der Waals surface area contributed by atoms with E-state index in [1.54, 1.807) is 0 Å².